The van der Waals surface area contributed by atoms with Crippen molar-refractivity contribution in [3.05, 3.63) is 69.3 Å². The van der Waals surface area contributed by atoms with Crippen LogP contribution < -0.4 is 5.32 Å². The Bertz CT molecular complexity index is 871. The Kier molecular flexibility index (Phi) is 6.26. The zero-order valence-electron chi connectivity index (χ0n) is 13.9. The van der Waals surface area contributed by atoms with E-state index in [4.69, 9.17) is 16.9 Å². The first-order chi connectivity index (χ1) is 12.0. The number of carbonyl (C=O) groups excluding carboxylic acids is 1. The first-order valence-corrected chi connectivity index (χ1v) is 8.12. The van der Waals surface area contributed by atoms with Crippen LogP contribution in [0.3, 0.4) is 0 Å². The molecule has 0 aliphatic rings. The molecule has 1 amide bonds. The van der Waals surface area contributed by atoms with Crippen LogP contribution in [0, 0.1) is 24.2 Å². The van der Waals surface area contributed by atoms with Crippen LogP contribution in [0.1, 0.15) is 40.5 Å². The molecule has 0 saturated carbocycles. The summed E-state index contributed by atoms with van der Waals surface area (Å²) in [6.45, 7) is 3.80. The van der Waals surface area contributed by atoms with E-state index < -0.39 is 11.7 Å². The number of benzene rings is 1. The fourth-order valence-electron chi connectivity index (χ4n) is 2.44. The van der Waals surface area contributed by atoms with Gasteiger partial charge in [0.05, 0.1) is 10.7 Å². The number of hydrogen-bond acceptors (Lipinski definition) is 3. The number of hydrogen-bond donors (Lipinski definition) is 1. The summed E-state index contributed by atoms with van der Waals surface area (Å²) in [6.07, 6.45) is 6.45. The van der Waals surface area contributed by atoms with E-state index >= 15 is 0 Å². The number of carbonyl (C=O) groups is 1. The molecule has 1 heterocycles. The molecule has 2 aromatic rings. The lowest BCUT2D eigenvalue weighted by atomic mass is 9.99. The van der Waals surface area contributed by atoms with E-state index in [2.05, 4.69) is 10.3 Å². The molecule has 0 unspecified atom stereocenters. The van der Waals surface area contributed by atoms with Crippen LogP contribution in [-0.4, -0.2) is 10.9 Å². The fraction of sp³-hybridized carbons (Fsp3) is 0.211. The highest BCUT2D eigenvalue weighted by Crippen LogP contribution is 2.22. The van der Waals surface area contributed by atoms with Crippen molar-refractivity contribution in [3.8, 4) is 6.19 Å². The highest BCUT2D eigenvalue weighted by Gasteiger charge is 2.12. The minimum absolute atomic E-state index is 0.0948. The molecule has 0 fully saturated rings. The predicted octanol–water partition coefficient (Wildman–Crippen LogP) is 4.43. The smallest absolute Gasteiger partial charge is 0.264 e. The van der Waals surface area contributed by atoms with E-state index in [1.54, 1.807) is 31.3 Å². The molecule has 0 aliphatic heterocycles. The van der Waals surface area contributed by atoms with E-state index in [9.17, 15) is 9.18 Å². The van der Waals surface area contributed by atoms with Crippen LogP contribution in [0.15, 0.2) is 36.0 Å². The quantitative estimate of drug-likeness (QED) is 0.636. The Balaban J connectivity index is 2.33. The molecule has 1 N–H and O–H groups in total. The second kappa shape index (κ2) is 8.41. The standard InChI is InChI=1S/C19H17ClFN3O/c1-3-13(8-14-4-5-17(21)16(20)9-14)10-18-12(2)15(6-7-23-18)19(25)24-11-22/h4-7,9-10H,3,8H2,1-2H3,(H,24,25)/b13-10+. The van der Waals surface area contributed by atoms with Gasteiger partial charge in [-0.05, 0) is 55.2 Å². The summed E-state index contributed by atoms with van der Waals surface area (Å²) < 4.78 is 13.3. The van der Waals surface area contributed by atoms with Gasteiger partial charge in [0, 0.05) is 11.8 Å². The number of aromatic nitrogens is 1. The van der Waals surface area contributed by atoms with Crippen molar-refractivity contribution >= 4 is 23.6 Å². The molecule has 0 saturated heterocycles. The Morgan fingerprint density at radius 1 is 1.44 bits per heavy atom. The monoisotopic (exact) mass is 357 g/mol. The molecule has 6 heteroatoms. The Labute approximate surface area is 151 Å². The average molecular weight is 358 g/mol. The van der Waals surface area contributed by atoms with E-state index in [0.29, 0.717) is 23.2 Å². The molecule has 0 aliphatic carbocycles. The minimum Gasteiger partial charge on any atom is -0.268 e. The number of nitriles is 1. The van der Waals surface area contributed by atoms with Gasteiger partial charge < -0.3 is 0 Å². The first kappa shape index (κ1) is 18.6. The average Bonchev–Trinajstić information content (AvgIpc) is 2.59. The van der Waals surface area contributed by atoms with Crippen molar-refractivity contribution in [2.45, 2.75) is 26.7 Å². The maximum absolute atomic E-state index is 13.3. The van der Waals surface area contributed by atoms with E-state index in [1.165, 1.54) is 12.3 Å². The Morgan fingerprint density at radius 3 is 2.84 bits per heavy atom. The zero-order chi connectivity index (χ0) is 18.4. The van der Waals surface area contributed by atoms with Crippen molar-refractivity contribution in [1.29, 1.82) is 5.26 Å². The predicted molar refractivity (Wildman–Crippen MR) is 95.4 cm³/mol. The number of pyridine rings is 1. The summed E-state index contributed by atoms with van der Waals surface area (Å²) in [5.74, 6) is -0.901. The summed E-state index contributed by atoms with van der Waals surface area (Å²) in [5.41, 5.74) is 3.73. The van der Waals surface area contributed by atoms with Gasteiger partial charge in [-0.3, -0.25) is 15.1 Å². The third-order valence-corrected chi connectivity index (χ3v) is 4.16. The van der Waals surface area contributed by atoms with Gasteiger partial charge in [-0.2, -0.15) is 5.26 Å². The summed E-state index contributed by atoms with van der Waals surface area (Å²) in [7, 11) is 0. The number of amides is 1. The molecular weight excluding hydrogens is 341 g/mol. The summed E-state index contributed by atoms with van der Waals surface area (Å²) >= 11 is 5.83. The van der Waals surface area contributed by atoms with E-state index in [-0.39, 0.29) is 5.02 Å². The van der Waals surface area contributed by atoms with Crippen LogP contribution in [0.2, 0.25) is 5.02 Å². The normalized spacial score (nSPS) is 11.1. The summed E-state index contributed by atoms with van der Waals surface area (Å²) in [6, 6.07) is 6.23. The molecule has 1 aromatic heterocycles. The maximum Gasteiger partial charge on any atom is 0.264 e. The Hall–Kier alpha value is -2.71. The van der Waals surface area contributed by atoms with Crippen molar-refractivity contribution < 1.29 is 9.18 Å². The lowest BCUT2D eigenvalue weighted by molar-refractivity contribution is 0.0972. The van der Waals surface area contributed by atoms with Crippen LogP contribution in [0.4, 0.5) is 4.39 Å². The van der Waals surface area contributed by atoms with Gasteiger partial charge >= 0.3 is 0 Å². The second-order valence-corrected chi connectivity index (χ2v) is 5.92. The van der Waals surface area contributed by atoms with Crippen molar-refractivity contribution in [2.75, 3.05) is 0 Å². The van der Waals surface area contributed by atoms with Gasteiger partial charge in [-0.1, -0.05) is 30.2 Å². The van der Waals surface area contributed by atoms with Gasteiger partial charge in [0.25, 0.3) is 5.91 Å². The molecule has 25 heavy (non-hydrogen) atoms. The van der Waals surface area contributed by atoms with E-state index in [1.807, 2.05) is 13.0 Å². The molecule has 0 radical (unpaired) electrons. The Morgan fingerprint density at radius 2 is 2.20 bits per heavy atom. The molecule has 0 atom stereocenters. The number of halogens is 2. The van der Waals surface area contributed by atoms with Gasteiger partial charge in [-0.25, -0.2) is 4.39 Å². The van der Waals surface area contributed by atoms with Gasteiger partial charge in [0.1, 0.15) is 5.82 Å². The molecule has 4 nitrogen and oxygen atoms in total. The van der Waals surface area contributed by atoms with Crippen LogP contribution in [-0.2, 0) is 6.42 Å². The van der Waals surface area contributed by atoms with Gasteiger partial charge in [0.2, 0.25) is 0 Å². The first-order valence-electron chi connectivity index (χ1n) is 7.74. The lowest BCUT2D eigenvalue weighted by Gasteiger charge is -2.09. The second-order valence-electron chi connectivity index (χ2n) is 5.52. The SMILES string of the molecule is CC/C(=C\c1nccc(C(=O)NC#N)c1C)Cc1ccc(F)c(Cl)c1. The van der Waals surface area contributed by atoms with Crippen LogP contribution in [0.25, 0.3) is 6.08 Å². The van der Waals surface area contributed by atoms with Crippen molar-refractivity contribution in [1.82, 2.24) is 10.3 Å². The van der Waals surface area contributed by atoms with Crippen LogP contribution in [0.5, 0.6) is 0 Å². The summed E-state index contributed by atoms with van der Waals surface area (Å²) in [4.78, 5) is 16.2. The number of nitrogens with zero attached hydrogens (tertiary/aromatic N) is 2. The van der Waals surface area contributed by atoms with E-state index in [0.717, 1.165) is 17.6 Å². The maximum atomic E-state index is 13.3. The number of allylic oxidation sites excluding steroid dienone is 1. The molecule has 0 bridgehead atoms. The number of nitrogens with one attached hydrogen (secondary N) is 1. The topological polar surface area (TPSA) is 65.8 Å². The van der Waals surface area contributed by atoms with Crippen molar-refractivity contribution in [3.63, 3.8) is 0 Å². The van der Waals surface area contributed by atoms with Gasteiger partial charge in [-0.15, -0.1) is 0 Å². The largest absolute Gasteiger partial charge is 0.268 e. The van der Waals surface area contributed by atoms with Crippen LogP contribution >= 0.6 is 11.6 Å². The highest BCUT2D eigenvalue weighted by molar-refractivity contribution is 6.30. The molecule has 128 valence electrons. The lowest BCUT2D eigenvalue weighted by Crippen LogP contribution is -2.19. The number of rotatable bonds is 5. The zero-order valence-corrected chi connectivity index (χ0v) is 14.7. The fourth-order valence-corrected chi connectivity index (χ4v) is 2.65. The molecule has 1 aromatic carbocycles. The van der Waals surface area contributed by atoms with Gasteiger partial charge in [0.15, 0.2) is 6.19 Å². The summed E-state index contributed by atoms with van der Waals surface area (Å²) in [5, 5.41) is 10.8. The molecule has 2 rings (SSSR count). The third kappa shape index (κ3) is 4.65. The minimum atomic E-state index is -0.458. The van der Waals surface area contributed by atoms with Crippen molar-refractivity contribution in [2.24, 2.45) is 0 Å². The molecule has 0 spiro atoms. The third-order valence-electron chi connectivity index (χ3n) is 3.87. The highest BCUT2D eigenvalue weighted by atomic mass is 35.5. The molecular formula is C19H17ClFN3O.